The quantitative estimate of drug-likeness (QED) is 0.132. The molecule has 1 rings (SSSR count). The number of rotatable bonds is 21. The third kappa shape index (κ3) is 14.4. The fraction of sp³-hybridized carbons (Fsp3) is 0.759. The van der Waals surface area contributed by atoms with E-state index in [4.69, 9.17) is 9.47 Å². The van der Waals surface area contributed by atoms with E-state index < -0.39 is 11.9 Å². The number of aromatic nitrogens is 1. The van der Waals surface area contributed by atoms with Gasteiger partial charge in [-0.2, -0.15) is 0 Å². The molecule has 0 aromatic carbocycles. The molecule has 0 saturated carbocycles. The van der Waals surface area contributed by atoms with Gasteiger partial charge in [-0.25, -0.2) is 14.6 Å². The second-order valence-corrected chi connectivity index (χ2v) is 9.42. The van der Waals surface area contributed by atoms with Crippen molar-refractivity contribution < 1.29 is 19.1 Å². The maximum Gasteiger partial charge on any atom is 0.356 e. The zero-order valence-corrected chi connectivity index (χ0v) is 22.1. The molecule has 0 fully saturated rings. The van der Waals surface area contributed by atoms with Crippen molar-refractivity contribution in [1.29, 1.82) is 0 Å². The molecule has 5 nitrogen and oxygen atoms in total. The van der Waals surface area contributed by atoms with Crippen molar-refractivity contribution in [2.45, 2.75) is 124 Å². The van der Waals surface area contributed by atoms with Crippen molar-refractivity contribution in [2.75, 3.05) is 13.2 Å². The maximum atomic E-state index is 12.3. The molecular weight excluding hydrogens is 426 g/mol. The Labute approximate surface area is 208 Å². The van der Waals surface area contributed by atoms with Crippen LogP contribution in [0.25, 0.3) is 0 Å². The summed E-state index contributed by atoms with van der Waals surface area (Å²) in [4.78, 5) is 28.6. The van der Waals surface area contributed by atoms with Crippen molar-refractivity contribution in [1.82, 2.24) is 4.98 Å². The van der Waals surface area contributed by atoms with E-state index in [-0.39, 0.29) is 11.4 Å². The Hall–Kier alpha value is -1.91. The first-order valence-electron chi connectivity index (χ1n) is 13.9. The zero-order valence-electron chi connectivity index (χ0n) is 22.1. The van der Waals surface area contributed by atoms with Gasteiger partial charge >= 0.3 is 11.9 Å². The van der Waals surface area contributed by atoms with Gasteiger partial charge in [0.25, 0.3) is 0 Å². The number of hydrogen-bond donors (Lipinski definition) is 0. The fourth-order valence-electron chi connectivity index (χ4n) is 3.99. The third-order valence-corrected chi connectivity index (χ3v) is 6.50. The standard InChI is InChI=1S/C29H49NO4/c1-4-7-8-9-10-11-12-13-14-15-16-17-18-19-23-33-28(31)26-21-20-22-27(30-26)29(32)34-24-25(5-2)6-3/h20-22,25H,4-19,23-24H2,1-3H3. The van der Waals surface area contributed by atoms with E-state index in [2.05, 4.69) is 25.8 Å². The number of hydrogen-bond acceptors (Lipinski definition) is 5. The second-order valence-electron chi connectivity index (χ2n) is 9.42. The zero-order chi connectivity index (χ0) is 24.9. The highest BCUT2D eigenvalue weighted by Gasteiger charge is 2.15. The van der Waals surface area contributed by atoms with Gasteiger partial charge in [-0.05, 0) is 24.5 Å². The summed E-state index contributed by atoms with van der Waals surface area (Å²) in [6, 6.07) is 4.79. The molecule has 0 saturated heterocycles. The molecule has 0 amide bonds. The average Bonchev–Trinajstić information content (AvgIpc) is 2.86. The van der Waals surface area contributed by atoms with Crippen molar-refractivity contribution in [3.8, 4) is 0 Å². The van der Waals surface area contributed by atoms with E-state index in [1.165, 1.54) is 77.0 Å². The lowest BCUT2D eigenvalue weighted by molar-refractivity contribution is 0.0425. The second kappa shape index (κ2) is 20.5. The molecule has 0 aliphatic carbocycles. The molecule has 0 aliphatic rings. The molecule has 0 spiro atoms. The minimum Gasteiger partial charge on any atom is -0.461 e. The van der Waals surface area contributed by atoms with E-state index in [9.17, 15) is 9.59 Å². The Morgan fingerprint density at radius 2 is 1.12 bits per heavy atom. The summed E-state index contributed by atoms with van der Waals surface area (Å²) in [5, 5.41) is 0. The van der Waals surface area contributed by atoms with E-state index in [1.54, 1.807) is 18.2 Å². The molecule has 194 valence electrons. The van der Waals surface area contributed by atoms with Crippen LogP contribution < -0.4 is 0 Å². The molecule has 0 bridgehead atoms. The SMILES string of the molecule is CCCCCCCCCCCCCCCCOC(=O)c1cccc(C(=O)OCC(CC)CC)n1. The lowest BCUT2D eigenvalue weighted by atomic mass is 10.0. The fourth-order valence-corrected chi connectivity index (χ4v) is 3.99. The van der Waals surface area contributed by atoms with Gasteiger partial charge in [0.15, 0.2) is 0 Å². The van der Waals surface area contributed by atoms with Gasteiger partial charge in [0.2, 0.25) is 0 Å². The van der Waals surface area contributed by atoms with Gasteiger partial charge in [0, 0.05) is 0 Å². The highest BCUT2D eigenvalue weighted by atomic mass is 16.5. The predicted molar refractivity (Wildman–Crippen MR) is 139 cm³/mol. The Kier molecular flexibility index (Phi) is 18.1. The molecule has 34 heavy (non-hydrogen) atoms. The predicted octanol–water partition coefficient (Wildman–Crippen LogP) is 8.31. The molecule has 1 heterocycles. The van der Waals surface area contributed by atoms with Crippen LogP contribution in [0.4, 0.5) is 0 Å². The Morgan fingerprint density at radius 3 is 1.59 bits per heavy atom. The number of carbonyl (C=O) groups excluding carboxylic acids is 2. The maximum absolute atomic E-state index is 12.3. The van der Waals surface area contributed by atoms with E-state index in [0.29, 0.717) is 19.1 Å². The molecule has 0 atom stereocenters. The van der Waals surface area contributed by atoms with Gasteiger partial charge < -0.3 is 9.47 Å². The summed E-state index contributed by atoms with van der Waals surface area (Å²) in [5.41, 5.74) is 0.305. The summed E-state index contributed by atoms with van der Waals surface area (Å²) >= 11 is 0. The molecule has 0 aliphatic heterocycles. The van der Waals surface area contributed by atoms with Gasteiger partial charge in [0.1, 0.15) is 11.4 Å². The molecule has 5 heteroatoms. The van der Waals surface area contributed by atoms with Gasteiger partial charge in [0.05, 0.1) is 13.2 Å². The number of unbranched alkanes of at least 4 members (excludes halogenated alkanes) is 13. The summed E-state index contributed by atoms with van der Waals surface area (Å²) in [7, 11) is 0. The Balaban J connectivity index is 2.09. The average molecular weight is 476 g/mol. The smallest absolute Gasteiger partial charge is 0.356 e. The lowest BCUT2D eigenvalue weighted by Crippen LogP contribution is -2.16. The van der Waals surface area contributed by atoms with Crippen molar-refractivity contribution in [3.05, 3.63) is 29.6 Å². The van der Waals surface area contributed by atoms with Crippen LogP contribution in [0.5, 0.6) is 0 Å². The topological polar surface area (TPSA) is 65.5 Å². The number of esters is 2. The molecule has 0 N–H and O–H groups in total. The molecular formula is C29H49NO4. The molecule has 1 aromatic heterocycles. The van der Waals surface area contributed by atoms with Crippen LogP contribution >= 0.6 is 0 Å². The highest BCUT2D eigenvalue weighted by molar-refractivity contribution is 5.91. The van der Waals surface area contributed by atoms with Gasteiger partial charge in [-0.15, -0.1) is 0 Å². The first-order valence-corrected chi connectivity index (χ1v) is 13.9. The largest absolute Gasteiger partial charge is 0.461 e. The van der Waals surface area contributed by atoms with Gasteiger partial charge in [-0.1, -0.05) is 123 Å². The first-order chi connectivity index (χ1) is 16.6. The Bertz CT molecular complexity index is 657. The monoisotopic (exact) mass is 475 g/mol. The highest BCUT2D eigenvalue weighted by Crippen LogP contribution is 2.13. The van der Waals surface area contributed by atoms with Crippen LogP contribution in [0.15, 0.2) is 18.2 Å². The van der Waals surface area contributed by atoms with E-state index in [0.717, 1.165) is 25.7 Å². The first kappa shape index (κ1) is 30.1. The molecule has 0 unspecified atom stereocenters. The third-order valence-electron chi connectivity index (χ3n) is 6.50. The summed E-state index contributed by atoms with van der Waals surface area (Å²) in [5.74, 6) is -0.625. The number of carbonyl (C=O) groups is 2. The van der Waals surface area contributed by atoms with Crippen molar-refractivity contribution in [3.63, 3.8) is 0 Å². The number of ether oxygens (including phenoxy) is 2. The van der Waals surface area contributed by atoms with Crippen LogP contribution in [-0.2, 0) is 9.47 Å². The minimum absolute atomic E-state index is 0.150. The van der Waals surface area contributed by atoms with Crippen LogP contribution in [0, 0.1) is 5.92 Å². The van der Waals surface area contributed by atoms with Crippen molar-refractivity contribution in [2.24, 2.45) is 5.92 Å². The summed E-state index contributed by atoms with van der Waals surface area (Å²) in [6.45, 7) is 7.19. The van der Waals surface area contributed by atoms with Crippen LogP contribution in [-0.4, -0.2) is 30.1 Å². The van der Waals surface area contributed by atoms with Crippen molar-refractivity contribution >= 4 is 11.9 Å². The van der Waals surface area contributed by atoms with Crippen LogP contribution in [0.3, 0.4) is 0 Å². The molecule has 0 radical (unpaired) electrons. The summed E-state index contributed by atoms with van der Waals surface area (Å²) in [6.07, 6.45) is 20.0. The number of nitrogens with zero attached hydrogens (tertiary/aromatic N) is 1. The van der Waals surface area contributed by atoms with Crippen LogP contribution in [0.1, 0.15) is 144 Å². The number of pyridine rings is 1. The molecule has 1 aromatic rings. The normalized spacial score (nSPS) is 11.1. The lowest BCUT2D eigenvalue weighted by Gasteiger charge is -2.12. The summed E-state index contributed by atoms with van der Waals surface area (Å²) < 4.78 is 10.7. The minimum atomic E-state index is -0.492. The van der Waals surface area contributed by atoms with Crippen LogP contribution in [0.2, 0.25) is 0 Å². The van der Waals surface area contributed by atoms with E-state index >= 15 is 0 Å². The Morgan fingerprint density at radius 1 is 0.676 bits per heavy atom. The van der Waals surface area contributed by atoms with E-state index in [1.807, 2.05) is 0 Å². The van der Waals surface area contributed by atoms with Gasteiger partial charge in [-0.3, -0.25) is 0 Å².